The van der Waals surface area contributed by atoms with Crippen molar-refractivity contribution in [3.8, 4) is 11.8 Å². The van der Waals surface area contributed by atoms with E-state index >= 15 is 4.39 Å². The first-order valence-corrected chi connectivity index (χ1v) is 12.8. The van der Waals surface area contributed by atoms with Gasteiger partial charge in [-0.05, 0) is 42.5 Å². The van der Waals surface area contributed by atoms with Crippen LogP contribution in [0.4, 0.5) is 27.4 Å². The van der Waals surface area contributed by atoms with Gasteiger partial charge >= 0.3 is 0 Å². The van der Waals surface area contributed by atoms with Crippen molar-refractivity contribution in [3.05, 3.63) is 83.3 Å². The van der Waals surface area contributed by atoms with E-state index < -0.39 is 17.3 Å². The molecule has 1 fully saturated rings. The molecule has 1 saturated heterocycles. The standard InChI is InChI=1S/C28H26FN9O3/c1-2-25(40)32-18-4-3-5-20(14-18)38-24(16-30)34-27(41)21-17-31-28(35-26(21)38)33-23-7-6-19(15-22(23)29)37-10-8-36(9-11-37)12-13-39/h2-7,14-15,17,39H,1,8-13H2,(H,32,40)(H,31,33,35). The van der Waals surface area contributed by atoms with Gasteiger partial charge in [-0.1, -0.05) is 12.6 Å². The molecule has 0 saturated carbocycles. The number of carbonyl (C=O) groups excluding carboxylic acids is 1. The van der Waals surface area contributed by atoms with Gasteiger partial charge in [0.2, 0.25) is 17.7 Å². The van der Waals surface area contributed by atoms with Crippen LogP contribution in [0.5, 0.6) is 0 Å². The van der Waals surface area contributed by atoms with Gasteiger partial charge in [0.25, 0.3) is 5.56 Å². The van der Waals surface area contributed by atoms with Crippen LogP contribution in [0.2, 0.25) is 0 Å². The summed E-state index contributed by atoms with van der Waals surface area (Å²) < 4.78 is 16.5. The number of nitriles is 1. The minimum Gasteiger partial charge on any atom is -0.395 e. The number of nitrogens with one attached hydrogen (secondary N) is 2. The number of benzene rings is 2. The quantitative estimate of drug-likeness (QED) is 0.276. The molecule has 0 bridgehead atoms. The Morgan fingerprint density at radius 3 is 2.66 bits per heavy atom. The predicted molar refractivity (Wildman–Crippen MR) is 152 cm³/mol. The Hall–Kier alpha value is -5.19. The van der Waals surface area contributed by atoms with E-state index in [-0.39, 0.29) is 35.1 Å². The smallest absolute Gasteiger partial charge is 0.284 e. The van der Waals surface area contributed by atoms with Crippen LogP contribution in [0.1, 0.15) is 5.82 Å². The maximum atomic E-state index is 15.2. The molecule has 0 radical (unpaired) electrons. The summed E-state index contributed by atoms with van der Waals surface area (Å²) in [5.74, 6) is -1.16. The Balaban J connectivity index is 1.47. The van der Waals surface area contributed by atoms with Crippen LogP contribution in [0.3, 0.4) is 0 Å². The van der Waals surface area contributed by atoms with Gasteiger partial charge in [0.15, 0.2) is 5.65 Å². The van der Waals surface area contributed by atoms with Crippen molar-refractivity contribution in [1.29, 1.82) is 5.26 Å². The van der Waals surface area contributed by atoms with E-state index in [1.165, 1.54) is 16.8 Å². The first-order valence-electron chi connectivity index (χ1n) is 12.8. The van der Waals surface area contributed by atoms with Crippen molar-refractivity contribution in [2.45, 2.75) is 0 Å². The SMILES string of the molecule is C=CC(=O)Nc1cccc(-n2c(C#N)nc(=O)c3cnc(Nc4ccc(N5CCN(CCO)CC5)cc4F)nc32)c1. The lowest BCUT2D eigenvalue weighted by Gasteiger charge is -2.35. The van der Waals surface area contributed by atoms with Crippen LogP contribution in [-0.2, 0) is 4.79 Å². The van der Waals surface area contributed by atoms with Crippen LogP contribution in [-0.4, -0.2) is 74.8 Å². The third-order valence-corrected chi connectivity index (χ3v) is 6.64. The molecule has 0 spiro atoms. The molecule has 0 aliphatic carbocycles. The van der Waals surface area contributed by atoms with E-state index in [2.05, 4.69) is 42.0 Å². The summed E-state index contributed by atoms with van der Waals surface area (Å²) in [5, 5.41) is 24.4. The number of piperazine rings is 1. The minimum atomic E-state index is -0.690. The largest absolute Gasteiger partial charge is 0.395 e. The number of aliphatic hydroxyl groups excluding tert-OH is 1. The molecule has 0 atom stereocenters. The van der Waals surface area contributed by atoms with Crippen LogP contribution in [0.25, 0.3) is 16.7 Å². The van der Waals surface area contributed by atoms with E-state index in [0.717, 1.165) is 24.9 Å². The number of carbonyl (C=O) groups is 1. The highest BCUT2D eigenvalue weighted by Gasteiger charge is 2.19. The Bertz CT molecular complexity index is 1730. The fraction of sp³-hybridized carbons (Fsp3) is 0.214. The minimum absolute atomic E-state index is 0.00104. The summed E-state index contributed by atoms with van der Waals surface area (Å²) >= 11 is 0. The van der Waals surface area contributed by atoms with Crippen LogP contribution in [0, 0.1) is 17.1 Å². The predicted octanol–water partition coefficient (Wildman–Crippen LogP) is 2.17. The van der Waals surface area contributed by atoms with Gasteiger partial charge in [-0.25, -0.2) is 9.37 Å². The number of amides is 1. The van der Waals surface area contributed by atoms with E-state index in [4.69, 9.17) is 5.11 Å². The Morgan fingerprint density at radius 2 is 1.95 bits per heavy atom. The molecular formula is C28H26FN9O3. The normalized spacial score (nSPS) is 13.5. The molecule has 2 aromatic heterocycles. The van der Waals surface area contributed by atoms with Gasteiger partial charge in [-0.15, -0.1) is 0 Å². The zero-order valence-corrected chi connectivity index (χ0v) is 21.9. The second kappa shape index (κ2) is 11.9. The average molecular weight is 556 g/mol. The number of β-amino-alcohol motifs (C(OH)–C–C–N with tert-alkyl or cyclic N) is 1. The zero-order chi connectivity index (χ0) is 28.9. The summed E-state index contributed by atoms with van der Waals surface area (Å²) in [5.41, 5.74) is 1.07. The molecule has 3 N–H and O–H groups in total. The number of fused-ring (bicyclic) bond motifs is 1. The summed E-state index contributed by atoms with van der Waals surface area (Å²) in [4.78, 5) is 41.1. The van der Waals surface area contributed by atoms with Crippen LogP contribution < -0.4 is 21.1 Å². The summed E-state index contributed by atoms with van der Waals surface area (Å²) in [6.45, 7) is 7.14. The second-order valence-electron chi connectivity index (χ2n) is 9.20. The lowest BCUT2D eigenvalue weighted by molar-refractivity contribution is -0.111. The molecule has 4 aromatic rings. The molecule has 1 amide bonds. The third kappa shape index (κ3) is 5.88. The van der Waals surface area contributed by atoms with E-state index in [0.29, 0.717) is 31.0 Å². The molecular weight excluding hydrogens is 529 g/mol. The maximum absolute atomic E-state index is 15.2. The number of hydrogen-bond acceptors (Lipinski definition) is 10. The van der Waals surface area contributed by atoms with E-state index in [1.807, 2.05) is 6.07 Å². The molecule has 1 aliphatic rings. The number of anilines is 4. The van der Waals surface area contributed by atoms with Crippen molar-refractivity contribution in [2.75, 3.05) is 54.9 Å². The van der Waals surface area contributed by atoms with Crippen molar-refractivity contribution >= 4 is 40.0 Å². The van der Waals surface area contributed by atoms with Gasteiger partial charge in [0.1, 0.15) is 17.3 Å². The number of halogens is 1. The van der Waals surface area contributed by atoms with Gasteiger partial charge in [-0.2, -0.15) is 15.2 Å². The molecule has 5 rings (SSSR count). The highest BCUT2D eigenvalue weighted by atomic mass is 19.1. The first-order chi connectivity index (χ1) is 19.9. The van der Waals surface area contributed by atoms with Crippen molar-refractivity contribution in [1.82, 2.24) is 24.4 Å². The highest BCUT2D eigenvalue weighted by molar-refractivity contribution is 5.99. The molecule has 208 valence electrons. The van der Waals surface area contributed by atoms with Crippen molar-refractivity contribution in [2.24, 2.45) is 0 Å². The van der Waals surface area contributed by atoms with Crippen LogP contribution in [0.15, 0.2) is 66.1 Å². The Kier molecular flexibility index (Phi) is 7.95. The topological polar surface area (TPSA) is 152 Å². The van der Waals surface area contributed by atoms with Crippen molar-refractivity contribution < 1.29 is 14.3 Å². The number of aliphatic hydroxyl groups is 1. The molecule has 3 heterocycles. The monoisotopic (exact) mass is 555 g/mol. The van der Waals surface area contributed by atoms with Gasteiger partial charge in [0.05, 0.1) is 18.0 Å². The van der Waals surface area contributed by atoms with Crippen molar-refractivity contribution in [3.63, 3.8) is 0 Å². The second-order valence-corrected chi connectivity index (χ2v) is 9.20. The van der Waals surface area contributed by atoms with E-state index in [9.17, 15) is 14.9 Å². The lowest BCUT2D eigenvalue weighted by atomic mass is 10.2. The van der Waals surface area contributed by atoms with Gasteiger partial charge in [0, 0.05) is 50.3 Å². The summed E-state index contributed by atoms with van der Waals surface area (Å²) in [6.07, 6.45) is 2.39. The molecule has 13 heteroatoms. The molecule has 1 aliphatic heterocycles. The first kappa shape index (κ1) is 27.4. The zero-order valence-electron chi connectivity index (χ0n) is 21.9. The number of nitrogens with zero attached hydrogens (tertiary/aromatic N) is 7. The fourth-order valence-electron chi connectivity index (χ4n) is 4.59. The Morgan fingerprint density at radius 1 is 1.15 bits per heavy atom. The molecule has 0 unspecified atom stereocenters. The van der Waals surface area contributed by atoms with Gasteiger partial charge in [-0.3, -0.25) is 19.1 Å². The third-order valence-electron chi connectivity index (χ3n) is 6.64. The molecule has 12 nitrogen and oxygen atoms in total. The summed E-state index contributed by atoms with van der Waals surface area (Å²) in [6, 6.07) is 13.3. The summed E-state index contributed by atoms with van der Waals surface area (Å²) in [7, 11) is 0. The molecule has 2 aromatic carbocycles. The fourth-order valence-corrected chi connectivity index (χ4v) is 4.59. The maximum Gasteiger partial charge on any atom is 0.284 e. The van der Waals surface area contributed by atoms with Crippen LogP contribution >= 0.6 is 0 Å². The van der Waals surface area contributed by atoms with Gasteiger partial charge < -0.3 is 20.6 Å². The number of rotatable bonds is 8. The Labute approximate surface area is 234 Å². The number of aromatic nitrogens is 4. The van der Waals surface area contributed by atoms with E-state index in [1.54, 1.807) is 36.4 Å². The number of hydrogen-bond donors (Lipinski definition) is 3. The average Bonchev–Trinajstić information content (AvgIpc) is 2.98. The molecule has 41 heavy (non-hydrogen) atoms. The highest BCUT2D eigenvalue weighted by Crippen LogP contribution is 2.26. The lowest BCUT2D eigenvalue weighted by Crippen LogP contribution is -2.47.